The molecule has 0 fully saturated rings. The van der Waals surface area contributed by atoms with E-state index in [2.05, 4.69) is 31.9 Å². The molecule has 0 radical (unpaired) electrons. The van der Waals surface area contributed by atoms with Crippen molar-refractivity contribution in [1.82, 2.24) is 0 Å². The zero-order valence-corrected chi connectivity index (χ0v) is 10.6. The van der Waals surface area contributed by atoms with Crippen LogP contribution < -0.4 is 9.47 Å². The summed E-state index contributed by atoms with van der Waals surface area (Å²) in [5, 5.41) is 9.62. The van der Waals surface area contributed by atoms with Gasteiger partial charge >= 0.3 is 0 Å². The van der Waals surface area contributed by atoms with Gasteiger partial charge in [-0.3, -0.25) is 0 Å². The fourth-order valence-electron chi connectivity index (χ4n) is 1.27. The maximum absolute atomic E-state index is 13.3. The van der Waals surface area contributed by atoms with Crippen LogP contribution in [0.5, 0.6) is 11.5 Å². The standard InChI is InChI=1S/C9H7Br2FO3/c10-9(11,12)8(13)5-1-2-6-7(3-5)15-4-14-6/h1-3,8,13H,4H2. The van der Waals surface area contributed by atoms with Gasteiger partial charge in [0.15, 0.2) is 11.5 Å². The number of hydrogen-bond acceptors (Lipinski definition) is 3. The number of aliphatic hydroxyl groups is 1. The van der Waals surface area contributed by atoms with Gasteiger partial charge in [-0.05, 0) is 49.6 Å². The summed E-state index contributed by atoms with van der Waals surface area (Å²) in [5.41, 5.74) is 0.399. The maximum atomic E-state index is 13.3. The molecule has 0 aliphatic carbocycles. The molecule has 3 nitrogen and oxygen atoms in total. The average molecular weight is 342 g/mol. The lowest BCUT2D eigenvalue weighted by Gasteiger charge is -2.18. The minimum absolute atomic E-state index is 0.151. The van der Waals surface area contributed by atoms with Gasteiger partial charge in [-0.1, -0.05) is 6.07 Å². The zero-order chi connectivity index (χ0) is 11.1. The molecule has 0 bridgehead atoms. The molecule has 1 aromatic carbocycles. The number of alkyl halides is 3. The highest BCUT2D eigenvalue weighted by Gasteiger charge is 2.34. The summed E-state index contributed by atoms with van der Waals surface area (Å²) in [6.45, 7) is 0.151. The van der Waals surface area contributed by atoms with E-state index < -0.39 is 9.59 Å². The predicted octanol–water partition coefficient (Wildman–Crippen LogP) is 2.86. The van der Waals surface area contributed by atoms with Crippen LogP contribution in [0.4, 0.5) is 4.39 Å². The number of hydrogen-bond donors (Lipinski definition) is 1. The quantitative estimate of drug-likeness (QED) is 0.841. The molecule has 0 saturated heterocycles. The largest absolute Gasteiger partial charge is 0.454 e. The molecular formula is C9H7Br2FO3. The highest BCUT2D eigenvalue weighted by Crippen LogP contribution is 2.43. The molecule has 82 valence electrons. The monoisotopic (exact) mass is 340 g/mol. The van der Waals surface area contributed by atoms with Gasteiger partial charge in [0.05, 0.1) is 0 Å². The Morgan fingerprint density at radius 3 is 2.67 bits per heavy atom. The average Bonchev–Trinajstić information content (AvgIpc) is 2.61. The molecule has 15 heavy (non-hydrogen) atoms. The Kier molecular flexibility index (Phi) is 2.92. The molecule has 1 atom stereocenters. The lowest BCUT2D eigenvalue weighted by atomic mass is 10.1. The van der Waals surface area contributed by atoms with Crippen LogP contribution >= 0.6 is 31.9 Å². The molecule has 6 heteroatoms. The molecule has 1 heterocycles. The Hall–Kier alpha value is -0.330. The van der Waals surface area contributed by atoms with Crippen LogP contribution in [0.1, 0.15) is 11.7 Å². The second-order valence-electron chi connectivity index (χ2n) is 3.06. The van der Waals surface area contributed by atoms with Gasteiger partial charge in [0.2, 0.25) is 10.3 Å². The Bertz CT molecular complexity index is 378. The first kappa shape index (κ1) is 11.2. The predicted molar refractivity (Wildman–Crippen MR) is 59.2 cm³/mol. The number of aliphatic hydroxyl groups excluding tert-OH is 1. The van der Waals surface area contributed by atoms with Crippen LogP contribution in [0.3, 0.4) is 0 Å². The summed E-state index contributed by atoms with van der Waals surface area (Å²) < 4.78 is 21.5. The molecule has 1 unspecified atom stereocenters. The van der Waals surface area contributed by atoms with Crippen molar-refractivity contribution in [3.8, 4) is 11.5 Å². The van der Waals surface area contributed by atoms with E-state index in [1.54, 1.807) is 18.2 Å². The second-order valence-corrected chi connectivity index (χ2v) is 6.43. The number of fused-ring (bicyclic) bond motifs is 1. The van der Waals surface area contributed by atoms with E-state index in [1.807, 2.05) is 0 Å². The second kappa shape index (κ2) is 3.92. The van der Waals surface area contributed by atoms with Crippen molar-refractivity contribution in [1.29, 1.82) is 0 Å². The van der Waals surface area contributed by atoms with Crippen molar-refractivity contribution < 1.29 is 19.0 Å². The van der Waals surface area contributed by atoms with Crippen molar-refractivity contribution in [3.05, 3.63) is 23.8 Å². The summed E-state index contributed by atoms with van der Waals surface area (Å²) in [7, 11) is 0. The first-order valence-electron chi connectivity index (χ1n) is 4.13. The molecule has 0 amide bonds. The van der Waals surface area contributed by atoms with E-state index in [1.165, 1.54) is 0 Å². The molecule has 1 N–H and O–H groups in total. The topological polar surface area (TPSA) is 38.7 Å². The highest BCUT2D eigenvalue weighted by molar-refractivity contribution is 9.25. The summed E-state index contributed by atoms with van der Waals surface area (Å²) in [5.74, 6) is 1.11. The van der Waals surface area contributed by atoms with Crippen LogP contribution in [-0.4, -0.2) is 15.4 Å². The molecule has 1 aliphatic rings. The Balaban J connectivity index is 2.31. The fraction of sp³-hybridized carbons (Fsp3) is 0.333. The van der Waals surface area contributed by atoms with E-state index in [9.17, 15) is 9.50 Å². The first-order chi connectivity index (χ1) is 6.98. The highest BCUT2D eigenvalue weighted by atomic mass is 79.9. The Morgan fingerprint density at radius 2 is 2.00 bits per heavy atom. The van der Waals surface area contributed by atoms with E-state index in [-0.39, 0.29) is 6.79 Å². The summed E-state index contributed by atoms with van der Waals surface area (Å²) in [4.78, 5) is 0. The zero-order valence-electron chi connectivity index (χ0n) is 7.41. The van der Waals surface area contributed by atoms with Crippen molar-refractivity contribution in [3.63, 3.8) is 0 Å². The molecule has 1 aromatic rings. The van der Waals surface area contributed by atoms with Crippen molar-refractivity contribution in [2.45, 2.75) is 9.59 Å². The minimum atomic E-state index is -2.05. The first-order valence-corrected chi connectivity index (χ1v) is 5.71. The molecule has 0 saturated carbocycles. The Morgan fingerprint density at radius 1 is 1.33 bits per heavy atom. The third-order valence-electron chi connectivity index (χ3n) is 2.02. The third kappa shape index (κ3) is 2.26. The summed E-state index contributed by atoms with van der Waals surface area (Å²) >= 11 is 5.38. The number of rotatable bonds is 2. The molecule has 2 rings (SSSR count). The SMILES string of the molecule is OC(c1ccc2c(c1)OCO2)C(F)(Br)Br. The summed E-state index contributed by atoms with van der Waals surface area (Å²) in [6, 6.07) is 4.76. The molecule has 1 aliphatic heterocycles. The van der Waals surface area contributed by atoms with Crippen LogP contribution in [-0.2, 0) is 0 Å². The lowest BCUT2D eigenvalue weighted by Crippen LogP contribution is -2.16. The van der Waals surface area contributed by atoms with Gasteiger partial charge < -0.3 is 14.6 Å². The molecule has 0 aromatic heterocycles. The number of halogens is 3. The van der Waals surface area contributed by atoms with Crippen molar-refractivity contribution >= 4 is 31.9 Å². The normalized spacial score (nSPS) is 16.5. The van der Waals surface area contributed by atoms with Gasteiger partial charge in [-0.2, -0.15) is 0 Å². The van der Waals surface area contributed by atoms with E-state index in [0.717, 1.165) is 0 Å². The van der Waals surface area contributed by atoms with Gasteiger partial charge in [-0.25, -0.2) is 4.39 Å². The molecular weight excluding hydrogens is 335 g/mol. The number of ether oxygens (including phenoxy) is 2. The maximum Gasteiger partial charge on any atom is 0.248 e. The Labute approximate surface area is 102 Å². The van der Waals surface area contributed by atoms with E-state index in [0.29, 0.717) is 17.1 Å². The summed E-state index contributed by atoms with van der Waals surface area (Å²) in [6.07, 6.45) is -1.33. The molecule has 0 spiro atoms. The fourth-order valence-corrected chi connectivity index (χ4v) is 1.80. The van der Waals surface area contributed by atoms with Crippen LogP contribution in [0.25, 0.3) is 0 Å². The van der Waals surface area contributed by atoms with E-state index >= 15 is 0 Å². The third-order valence-corrected chi connectivity index (χ3v) is 2.89. The van der Waals surface area contributed by atoms with Gasteiger partial charge in [0.1, 0.15) is 6.10 Å². The lowest BCUT2D eigenvalue weighted by molar-refractivity contribution is 0.114. The van der Waals surface area contributed by atoms with Gasteiger partial charge in [-0.15, -0.1) is 0 Å². The number of benzene rings is 1. The van der Waals surface area contributed by atoms with E-state index in [4.69, 9.17) is 9.47 Å². The van der Waals surface area contributed by atoms with Crippen LogP contribution in [0.2, 0.25) is 0 Å². The van der Waals surface area contributed by atoms with Gasteiger partial charge in [0.25, 0.3) is 0 Å². The van der Waals surface area contributed by atoms with Gasteiger partial charge in [0, 0.05) is 0 Å². The minimum Gasteiger partial charge on any atom is -0.454 e. The van der Waals surface area contributed by atoms with Crippen LogP contribution in [0.15, 0.2) is 18.2 Å². The van der Waals surface area contributed by atoms with Crippen molar-refractivity contribution in [2.24, 2.45) is 0 Å². The van der Waals surface area contributed by atoms with Crippen molar-refractivity contribution in [2.75, 3.05) is 6.79 Å². The van der Waals surface area contributed by atoms with Crippen LogP contribution in [0, 0.1) is 0 Å². The smallest absolute Gasteiger partial charge is 0.248 e.